The second-order valence-corrected chi connectivity index (χ2v) is 12.2. The third kappa shape index (κ3) is 7.38. The molecule has 0 spiro atoms. The highest BCUT2D eigenvalue weighted by atomic mass is 31.2. The minimum absolute atomic E-state index is 0.106. The van der Waals surface area contributed by atoms with Gasteiger partial charge in [-0.1, -0.05) is 12.1 Å². The summed E-state index contributed by atoms with van der Waals surface area (Å²) in [6.07, 6.45) is -5.61. The fraction of sp³-hybridized carbons (Fsp3) is 0.241. The second-order valence-electron chi connectivity index (χ2n) is 10.3. The zero-order valence-corrected chi connectivity index (χ0v) is 25.6. The molecule has 1 aromatic heterocycles. The summed E-state index contributed by atoms with van der Waals surface area (Å²) >= 11 is 0. The summed E-state index contributed by atoms with van der Waals surface area (Å²) < 4.78 is 92.9. The molecule has 1 fully saturated rings. The van der Waals surface area contributed by atoms with E-state index in [1.165, 1.54) is 43.4 Å². The van der Waals surface area contributed by atoms with E-state index < -0.39 is 73.3 Å². The Labute approximate surface area is 268 Å². The Morgan fingerprint density at radius 1 is 1.12 bits per heavy atom. The first-order valence-corrected chi connectivity index (χ1v) is 15.4. The maximum atomic E-state index is 14.9. The quantitative estimate of drug-likeness (QED) is 0.0786. The summed E-state index contributed by atoms with van der Waals surface area (Å²) in [5, 5.41) is 24.2. The molecule has 4 aromatic rings. The third-order valence-corrected chi connectivity index (χ3v) is 8.62. The molecule has 0 amide bonds. The molecule has 2 heterocycles. The van der Waals surface area contributed by atoms with Crippen LogP contribution in [0.2, 0.25) is 0 Å². The van der Waals surface area contributed by atoms with Gasteiger partial charge in [0.15, 0.2) is 6.10 Å². The van der Waals surface area contributed by atoms with E-state index in [1.807, 2.05) is 0 Å². The highest BCUT2D eigenvalue weighted by Gasteiger charge is 2.60. The van der Waals surface area contributed by atoms with Crippen LogP contribution in [0, 0.1) is 21.7 Å². The smallest absolute Gasteiger partial charge is 0.405 e. The molecule has 3 aromatic carbocycles. The first kappa shape index (κ1) is 34.6. The lowest BCUT2D eigenvalue weighted by atomic mass is 10.0. The molecule has 5 rings (SSSR count). The first-order valence-electron chi connectivity index (χ1n) is 13.9. The van der Waals surface area contributed by atoms with Crippen molar-refractivity contribution in [3.63, 3.8) is 0 Å². The fourth-order valence-corrected chi connectivity index (χ4v) is 5.63. The molecule has 4 N–H and O–H groups in total. The highest BCUT2D eigenvalue weighted by molar-refractivity contribution is 7.51. The largest absolute Gasteiger partial charge is 0.450 e. The van der Waals surface area contributed by atoms with Gasteiger partial charge in [0.1, 0.15) is 29.3 Å². The van der Waals surface area contributed by atoms with Crippen LogP contribution >= 0.6 is 7.75 Å². The number of nitrogen functional groups attached to an aromatic ring is 1. The summed E-state index contributed by atoms with van der Waals surface area (Å²) in [5.41, 5.74) is 4.44. The molecular formula is C29H26F4N5O9P. The van der Waals surface area contributed by atoms with Crippen LogP contribution < -0.4 is 21.2 Å². The van der Waals surface area contributed by atoms with Gasteiger partial charge in [0.25, 0.3) is 0 Å². The van der Waals surface area contributed by atoms with E-state index in [1.54, 1.807) is 0 Å². The van der Waals surface area contributed by atoms with Gasteiger partial charge < -0.3 is 20.3 Å². The topological polar surface area (TPSA) is 190 Å². The van der Waals surface area contributed by atoms with Gasteiger partial charge in [-0.2, -0.15) is 13.8 Å². The normalized spacial score (nSPS) is 19.9. The lowest BCUT2D eigenvalue weighted by molar-refractivity contribution is -0.385. The van der Waals surface area contributed by atoms with Crippen molar-refractivity contribution in [3.05, 3.63) is 111 Å². The Morgan fingerprint density at radius 2 is 1.85 bits per heavy atom. The number of nitrogens with zero attached hydrogens (tertiary/aromatic N) is 3. The average molecular weight is 696 g/mol. The Hall–Kier alpha value is -4.71. The van der Waals surface area contributed by atoms with E-state index in [9.17, 15) is 42.1 Å². The number of aliphatic hydroxyl groups excluding tert-OH is 1. The van der Waals surface area contributed by atoms with Crippen LogP contribution in [0.1, 0.15) is 11.8 Å². The van der Waals surface area contributed by atoms with Crippen LogP contribution in [0.3, 0.4) is 0 Å². The molecule has 0 radical (unpaired) electrons. The molecule has 48 heavy (non-hydrogen) atoms. The van der Waals surface area contributed by atoms with Gasteiger partial charge in [-0.15, -0.1) is 0 Å². The number of nitro benzene ring substituents is 1. The van der Waals surface area contributed by atoms with E-state index in [-0.39, 0.29) is 28.4 Å². The number of nitro groups is 1. The highest BCUT2D eigenvalue weighted by Crippen LogP contribution is 2.47. The van der Waals surface area contributed by atoms with Crippen molar-refractivity contribution in [2.24, 2.45) is 0 Å². The van der Waals surface area contributed by atoms with Crippen LogP contribution in [-0.4, -0.2) is 51.4 Å². The number of aromatic nitrogens is 2. The molecule has 4 unspecified atom stereocenters. The molecule has 19 heteroatoms. The number of hydrogen-bond acceptors (Lipinski definition) is 11. The third-order valence-electron chi connectivity index (χ3n) is 7.11. The minimum atomic E-state index is -4.28. The molecule has 1 aliphatic heterocycles. The summed E-state index contributed by atoms with van der Waals surface area (Å²) in [6.45, 7) is -1.39. The summed E-state index contributed by atoms with van der Waals surface area (Å²) in [7, 11) is -3.10. The number of benzene rings is 3. The number of rotatable bonds is 12. The zero-order chi connectivity index (χ0) is 34.8. The van der Waals surface area contributed by atoms with Crippen molar-refractivity contribution in [2.75, 3.05) is 19.4 Å². The number of nitrogens with one attached hydrogen (secondary N) is 1. The van der Waals surface area contributed by atoms with Gasteiger partial charge in [-0.3, -0.25) is 23.7 Å². The number of anilines is 1. The molecular weight excluding hydrogens is 669 g/mol. The standard InChI is InChI=1S/C29H26F4N5O9P/c1-35-48(43,45-15-24-26(39)29(32,33)27(47-24)37-11-10-25(34)36-28(37)40)44-14-16-2-9-22(38(41)42)23(12-16)46-19-7-8-20(21(31)13-19)17-3-5-18(30)6-4-17/h2-13,24,26-27,39H,14-15H2,1H3,(H,35,43)(H2,34,36,40). The second kappa shape index (κ2) is 13.8. The van der Waals surface area contributed by atoms with Gasteiger partial charge in [-0.05, 0) is 60.6 Å². The first-order chi connectivity index (χ1) is 22.7. The molecule has 254 valence electrons. The van der Waals surface area contributed by atoms with Gasteiger partial charge in [0, 0.05) is 23.9 Å². The summed E-state index contributed by atoms with van der Waals surface area (Å²) in [4.78, 5) is 26.4. The Kier molecular flexibility index (Phi) is 9.95. The van der Waals surface area contributed by atoms with Gasteiger partial charge >= 0.3 is 25.0 Å². The zero-order valence-electron chi connectivity index (χ0n) is 24.7. The van der Waals surface area contributed by atoms with Crippen molar-refractivity contribution in [2.45, 2.75) is 31.0 Å². The molecule has 0 bridgehead atoms. The monoisotopic (exact) mass is 695 g/mol. The molecule has 0 aliphatic carbocycles. The van der Waals surface area contributed by atoms with Crippen molar-refractivity contribution in [1.29, 1.82) is 0 Å². The lowest BCUT2D eigenvalue weighted by Gasteiger charge is -2.21. The number of ether oxygens (including phenoxy) is 2. The minimum Gasteiger partial charge on any atom is -0.450 e. The summed E-state index contributed by atoms with van der Waals surface area (Å²) in [5.74, 6) is -5.88. The van der Waals surface area contributed by atoms with E-state index in [0.29, 0.717) is 10.1 Å². The predicted molar refractivity (Wildman–Crippen MR) is 160 cm³/mol. The van der Waals surface area contributed by atoms with Crippen molar-refractivity contribution in [3.8, 4) is 22.6 Å². The predicted octanol–water partition coefficient (Wildman–Crippen LogP) is 4.93. The lowest BCUT2D eigenvalue weighted by Crippen LogP contribution is -2.42. The average Bonchev–Trinajstić information content (AvgIpc) is 3.27. The Morgan fingerprint density at radius 3 is 2.50 bits per heavy atom. The van der Waals surface area contributed by atoms with Gasteiger partial charge in [-0.25, -0.2) is 23.2 Å². The molecule has 4 atom stereocenters. The Bertz CT molecular complexity index is 1930. The number of hydrogen-bond donors (Lipinski definition) is 3. The van der Waals surface area contributed by atoms with E-state index in [2.05, 4.69) is 10.1 Å². The van der Waals surface area contributed by atoms with Gasteiger partial charge in [0.2, 0.25) is 12.0 Å². The Balaban J connectivity index is 1.27. The number of alkyl halides is 2. The van der Waals surface area contributed by atoms with Crippen LogP contribution in [0.5, 0.6) is 11.5 Å². The van der Waals surface area contributed by atoms with Crippen LogP contribution in [0.25, 0.3) is 11.1 Å². The van der Waals surface area contributed by atoms with Crippen LogP contribution in [0.4, 0.5) is 29.1 Å². The molecule has 1 aliphatic rings. The SMILES string of the molecule is CNP(=O)(OCc1ccc([N+](=O)[O-])c(Oc2ccc(-c3ccc(F)cc3)c(F)c2)c1)OCC1OC(n2ccc(N)nc2=O)C(F)(F)C1O. The van der Waals surface area contributed by atoms with Crippen molar-refractivity contribution < 1.29 is 50.7 Å². The number of halogens is 4. The maximum Gasteiger partial charge on any atom is 0.405 e. The van der Waals surface area contributed by atoms with E-state index >= 15 is 0 Å². The van der Waals surface area contributed by atoms with E-state index in [4.69, 9.17) is 24.3 Å². The van der Waals surface area contributed by atoms with Crippen LogP contribution in [-0.2, 0) is 25.0 Å². The van der Waals surface area contributed by atoms with Crippen molar-refractivity contribution in [1.82, 2.24) is 14.6 Å². The summed E-state index contributed by atoms with van der Waals surface area (Å²) in [6, 6.07) is 13.4. The molecule has 0 saturated carbocycles. The fourth-order valence-electron chi connectivity index (χ4n) is 4.64. The van der Waals surface area contributed by atoms with Crippen molar-refractivity contribution >= 4 is 19.3 Å². The number of aliphatic hydroxyl groups is 1. The maximum absolute atomic E-state index is 14.9. The van der Waals surface area contributed by atoms with Gasteiger partial charge in [0.05, 0.1) is 18.1 Å². The number of nitrogens with two attached hydrogens (primary N) is 1. The van der Waals surface area contributed by atoms with Crippen LogP contribution in [0.15, 0.2) is 77.7 Å². The molecule has 14 nitrogen and oxygen atoms in total. The van der Waals surface area contributed by atoms with E-state index in [0.717, 1.165) is 36.5 Å². The molecule has 1 saturated heterocycles.